The van der Waals surface area contributed by atoms with Crippen LogP contribution in [0, 0.1) is 6.92 Å². The maximum atomic E-state index is 12.2. The third kappa shape index (κ3) is 5.26. The van der Waals surface area contributed by atoms with E-state index >= 15 is 0 Å². The monoisotopic (exact) mass is 378 g/mol. The van der Waals surface area contributed by atoms with Gasteiger partial charge in [0, 0.05) is 24.5 Å². The van der Waals surface area contributed by atoms with Crippen molar-refractivity contribution < 1.29 is 14.3 Å². The Labute approximate surface area is 163 Å². The minimum atomic E-state index is -0.306. The van der Waals surface area contributed by atoms with Gasteiger partial charge in [0.05, 0.1) is 18.5 Å². The number of carbonyl (C=O) groups excluding carboxylic acids is 1. The van der Waals surface area contributed by atoms with Gasteiger partial charge in [-0.3, -0.25) is 9.78 Å². The molecule has 0 fully saturated rings. The van der Waals surface area contributed by atoms with Crippen LogP contribution in [0.3, 0.4) is 0 Å². The quantitative estimate of drug-likeness (QED) is 0.643. The molecule has 7 heteroatoms. The highest BCUT2D eigenvalue weighted by molar-refractivity contribution is 5.91. The summed E-state index contributed by atoms with van der Waals surface area (Å²) in [4.78, 5) is 24.7. The van der Waals surface area contributed by atoms with Crippen molar-refractivity contribution in [2.45, 2.75) is 26.8 Å². The van der Waals surface area contributed by atoms with Crippen LogP contribution in [0.15, 0.2) is 55.0 Å². The summed E-state index contributed by atoms with van der Waals surface area (Å²) in [5.74, 6) is 1.56. The molecule has 0 atom stereocenters. The Balaban J connectivity index is 1.64. The van der Waals surface area contributed by atoms with E-state index in [0.29, 0.717) is 18.2 Å². The number of pyridine rings is 1. The van der Waals surface area contributed by atoms with Crippen LogP contribution in [0.5, 0.6) is 17.4 Å². The topological polar surface area (TPSA) is 86.2 Å². The molecule has 0 bridgehead atoms. The van der Waals surface area contributed by atoms with Crippen LogP contribution in [-0.4, -0.2) is 27.5 Å². The van der Waals surface area contributed by atoms with Crippen LogP contribution in [0.1, 0.15) is 35.1 Å². The third-order valence-electron chi connectivity index (χ3n) is 3.81. The van der Waals surface area contributed by atoms with Crippen molar-refractivity contribution in [3.05, 3.63) is 71.9 Å². The predicted octanol–water partition coefficient (Wildman–Crippen LogP) is 3.69. The lowest BCUT2D eigenvalue weighted by Gasteiger charge is -2.11. The summed E-state index contributed by atoms with van der Waals surface area (Å²) in [6.45, 7) is 4.81. The van der Waals surface area contributed by atoms with E-state index in [0.717, 1.165) is 23.4 Å². The first-order chi connectivity index (χ1) is 13.7. The van der Waals surface area contributed by atoms with E-state index in [1.54, 1.807) is 18.5 Å². The number of hydrogen-bond donors (Lipinski definition) is 1. The van der Waals surface area contributed by atoms with Gasteiger partial charge in [0.1, 0.15) is 17.2 Å². The van der Waals surface area contributed by atoms with E-state index in [9.17, 15) is 4.79 Å². The molecule has 0 saturated heterocycles. The molecule has 2 aromatic heterocycles. The predicted molar refractivity (Wildman–Crippen MR) is 104 cm³/mol. The molecule has 0 saturated carbocycles. The van der Waals surface area contributed by atoms with Crippen LogP contribution in [0.4, 0.5) is 0 Å². The van der Waals surface area contributed by atoms with Crippen molar-refractivity contribution in [1.82, 2.24) is 20.3 Å². The molecule has 0 unspecified atom stereocenters. The molecule has 144 valence electrons. The second-order valence-electron chi connectivity index (χ2n) is 6.12. The number of amides is 1. The first-order valence-corrected chi connectivity index (χ1v) is 9.07. The minimum Gasteiger partial charge on any atom is -0.494 e. The van der Waals surface area contributed by atoms with Crippen LogP contribution >= 0.6 is 0 Å². The lowest BCUT2D eigenvalue weighted by Crippen LogP contribution is -2.24. The number of rotatable bonds is 8. The second kappa shape index (κ2) is 9.45. The summed E-state index contributed by atoms with van der Waals surface area (Å²) in [7, 11) is 0. The summed E-state index contributed by atoms with van der Waals surface area (Å²) < 4.78 is 11.4. The summed E-state index contributed by atoms with van der Waals surface area (Å²) in [5.41, 5.74) is 1.77. The fourth-order valence-corrected chi connectivity index (χ4v) is 2.36. The number of ether oxygens (including phenoxy) is 2. The number of carbonyl (C=O) groups is 1. The molecule has 0 aliphatic carbocycles. The Hall–Kier alpha value is -3.48. The van der Waals surface area contributed by atoms with Gasteiger partial charge in [0.2, 0.25) is 5.88 Å². The van der Waals surface area contributed by atoms with Crippen molar-refractivity contribution in [3.63, 3.8) is 0 Å². The highest BCUT2D eigenvalue weighted by Gasteiger charge is 2.11. The smallest absolute Gasteiger partial charge is 0.271 e. The molecule has 0 aliphatic heterocycles. The lowest BCUT2D eigenvalue weighted by molar-refractivity contribution is 0.0945. The Kier molecular flexibility index (Phi) is 6.51. The maximum absolute atomic E-state index is 12.2. The Morgan fingerprint density at radius 3 is 2.54 bits per heavy atom. The molecule has 0 aliphatic rings. The van der Waals surface area contributed by atoms with E-state index in [-0.39, 0.29) is 18.1 Å². The SMILES string of the molecule is CCCOc1ccc(Oc2ncccc2CNC(=O)c2cnc(C)cn2)cc1. The Bertz CT molecular complexity index is 912. The minimum absolute atomic E-state index is 0.259. The van der Waals surface area contributed by atoms with Gasteiger partial charge < -0.3 is 14.8 Å². The van der Waals surface area contributed by atoms with Gasteiger partial charge in [-0.2, -0.15) is 0 Å². The van der Waals surface area contributed by atoms with Gasteiger partial charge in [0.25, 0.3) is 5.91 Å². The van der Waals surface area contributed by atoms with Crippen molar-refractivity contribution in [3.8, 4) is 17.4 Å². The van der Waals surface area contributed by atoms with Gasteiger partial charge in [-0.1, -0.05) is 13.0 Å². The number of aromatic nitrogens is 3. The highest BCUT2D eigenvalue weighted by atomic mass is 16.5. The molecule has 0 radical (unpaired) electrons. The molecular formula is C21H22N4O3. The zero-order chi connectivity index (χ0) is 19.8. The molecule has 1 aromatic carbocycles. The van der Waals surface area contributed by atoms with E-state index in [1.807, 2.05) is 37.3 Å². The molecule has 2 heterocycles. The Morgan fingerprint density at radius 1 is 1.04 bits per heavy atom. The van der Waals surface area contributed by atoms with Crippen LogP contribution in [0.25, 0.3) is 0 Å². The van der Waals surface area contributed by atoms with E-state index in [2.05, 4.69) is 27.2 Å². The molecule has 0 spiro atoms. The standard InChI is InChI=1S/C21H22N4O3/c1-3-11-27-17-6-8-18(9-7-17)28-21-16(5-4-10-22-21)13-25-20(26)19-14-23-15(2)12-24-19/h4-10,12,14H,3,11,13H2,1-2H3,(H,25,26). The number of aryl methyl sites for hydroxylation is 1. The number of benzene rings is 1. The Morgan fingerprint density at radius 2 is 1.82 bits per heavy atom. The molecule has 1 amide bonds. The molecule has 3 aromatic rings. The number of nitrogens with one attached hydrogen (secondary N) is 1. The molecular weight excluding hydrogens is 356 g/mol. The van der Waals surface area contributed by atoms with Gasteiger partial charge in [-0.25, -0.2) is 9.97 Å². The van der Waals surface area contributed by atoms with Gasteiger partial charge in [0.15, 0.2) is 0 Å². The molecule has 1 N–H and O–H groups in total. The van der Waals surface area contributed by atoms with Crippen molar-refractivity contribution in [1.29, 1.82) is 0 Å². The van der Waals surface area contributed by atoms with Crippen LogP contribution in [-0.2, 0) is 6.54 Å². The molecule has 28 heavy (non-hydrogen) atoms. The second-order valence-corrected chi connectivity index (χ2v) is 6.12. The maximum Gasteiger partial charge on any atom is 0.271 e. The van der Waals surface area contributed by atoms with E-state index in [1.165, 1.54) is 6.20 Å². The number of nitrogens with zero attached hydrogens (tertiary/aromatic N) is 3. The van der Waals surface area contributed by atoms with E-state index in [4.69, 9.17) is 9.47 Å². The summed E-state index contributed by atoms with van der Waals surface area (Å²) in [6.07, 6.45) is 5.61. The first kappa shape index (κ1) is 19.3. The van der Waals surface area contributed by atoms with Gasteiger partial charge >= 0.3 is 0 Å². The third-order valence-corrected chi connectivity index (χ3v) is 3.81. The fraction of sp³-hybridized carbons (Fsp3) is 0.238. The van der Waals surface area contributed by atoms with Crippen LogP contribution in [0.2, 0.25) is 0 Å². The summed E-state index contributed by atoms with van der Waals surface area (Å²) in [5, 5.41) is 2.81. The zero-order valence-corrected chi connectivity index (χ0v) is 15.9. The summed E-state index contributed by atoms with van der Waals surface area (Å²) >= 11 is 0. The fourth-order valence-electron chi connectivity index (χ4n) is 2.36. The van der Waals surface area contributed by atoms with Crippen molar-refractivity contribution in [2.24, 2.45) is 0 Å². The highest BCUT2D eigenvalue weighted by Crippen LogP contribution is 2.25. The normalized spacial score (nSPS) is 10.4. The zero-order valence-electron chi connectivity index (χ0n) is 15.9. The van der Waals surface area contributed by atoms with Gasteiger partial charge in [-0.05, 0) is 43.7 Å². The van der Waals surface area contributed by atoms with Crippen molar-refractivity contribution >= 4 is 5.91 Å². The first-order valence-electron chi connectivity index (χ1n) is 9.07. The van der Waals surface area contributed by atoms with Gasteiger partial charge in [-0.15, -0.1) is 0 Å². The van der Waals surface area contributed by atoms with Crippen molar-refractivity contribution in [2.75, 3.05) is 6.61 Å². The molecule has 3 rings (SSSR count). The lowest BCUT2D eigenvalue weighted by atomic mass is 10.2. The molecule has 7 nitrogen and oxygen atoms in total. The average molecular weight is 378 g/mol. The van der Waals surface area contributed by atoms with E-state index < -0.39 is 0 Å². The number of hydrogen-bond acceptors (Lipinski definition) is 6. The average Bonchev–Trinajstić information content (AvgIpc) is 2.73. The largest absolute Gasteiger partial charge is 0.494 e. The summed E-state index contributed by atoms with van der Waals surface area (Å²) in [6, 6.07) is 11.0. The van der Waals surface area contributed by atoms with Crippen LogP contribution < -0.4 is 14.8 Å².